The summed E-state index contributed by atoms with van der Waals surface area (Å²) in [6, 6.07) is 0. The molecule has 0 radical (unpaired) electrons. The molecule has 0 bridgehead atoms. The van der Waals surface area contributed by atoms with Crippen LogP contribution in [-0.2, 0) is 36.8 Å². The second-order valence-corrected chi connectivity index (χ2v) is 11.0. The van der Waals surface area contributed by atoms with E-state index in [0.717, 1.165) is 51.4 Å². The molecular weight excluding hydrogens is 406 g/mol. The summed E-state index contributed by atoms with van der Waals surface area (Å²) in [6.45, 7) is 0. The minimum Gasteiger partial charge on any atom is -0.307 e. The lowest BCUT2D eigenvalue weighted by molar-refractivity contribution is -0.114. The van der Waals surface area contributed by atoms with Gasteiger partial charge in [0.25, 0.3) is 0 Å². The van der Waals surface area contributed by atoms with E-state index in [1.54, 1.807) is 0 Å². The molecule has 0 heterocycles. The Morgan fingerprint density at radius 3 is 0.929 bits per heavy atom. The van der Waals surface area contributed by atoms with Gasteiger partial charge in [-0.3, -0.25) is 18.7 Å². The average molecular weight is 442 g/mol. The zero-order valence-corrected chi connectivity index (χ0v) is 19.4. The highest BCUT2D eigenvalue weighted by Gasteiger charge is 2.31. The number of hydrogen-bond donors (Lipinski definition) is 0. The first-order valence-corrected chi connectivity index (χ1v) is 12.9. The van der Waals surface area contributed by atoms with Crippen LogP contribution in [0.1, 0.15) is 77.0 Å². The molecule has 28 heavy (non-hydrogen) atoms. The molecule has 0 saturated heterocycles. The molecule has 10 heteroatoms. The number of hydrogen-bond acceptors (Lipinski definition) is 8. The van der Waals surface area contributed by atoms with Gasteiger partial charge < -0.3 is 18.1 Å². The van der Waals surface area contributed by atoms with Crippen molar-refractivity contribution in [1.29, 1.82) is 0 Å². The van der Waals surface area contributed by atoms with Gasteiger partial charge in [-0.05, 0) is 12.8 Å². The van der Waals surface area contributed by atoms with Gasteiger partial charge in [-0.15, -0.1) is 0 Å². The van der Waals surface area contributed by atoms with Gasteiger partial charge in [0.2, 0.25) is 11.0 Å². The Morgan fingerprint density at radius 1 is 0.500 bits per heavy atom. The van der Waals surface area contributed by atoms with E-state index in [9.17, 15) is 18.7 Å². The summed E-state index contributed by atoms with van der Waals surface area (Å²) in [5, 5.41) is 0. The third-order valence-electron chi connectivity index (χ3n) is 4.60. The van der Waals surface area contributed by atoms with Crippen molar-refractivity contribution in [2.24, 2.45) is 0 Å². The van der Waals surface area contributed by atoms with Crippen molar-refractivity contribution in [2.45, 2.75) is 77.0 Å². The molecule has 0 saturated carbocycles. The summed E-state index contributed by atoms with van der Waals surface area (Å²) in [4.78, 5) is 23.5. The normalized spacial score (nSPS) is 12.3. The number of carbonyl (C=O) groups is 2. The van der Waals surface area contributed by atoms with Gasteiger partial charge >= 0.3 is 15.2 Å². The Kier molecular flexibility index (Phi) is 15.3. The summed E-state index contributed by atoms with van der Waals surface area (Å²) in [5.41, 5.74) is -0.910. The molecule has 0 aromatic carbocycles. The first-order valence-electron chi connectivity index (χ1n) is 9.79. The molecule has 0 fully saturated rings. The Balaban J connectivity index is 3.57. The highest BCUT2D eigenvalue weighted by atomic mass is 31.2. The largest absolute Gasteiger partial charge is 0.396 e. The van der Waals surface area contributed by atoms with Gasteiger partial charge in [-0.1, -0.05) is 51.4 Å². The third-order valence-corrected chi connectivity index (χ3v) is 8.20. The lowest BCUT2D eigenvalue weighted by Crippen LogP contribution is -2.03. The van der Waals surface area contributed by atoms with Crippen LogP contribution in [0, 0.1) is 0 Å². The Bertz CT molecular complexity index is 486. The summed E-state index contributed by atoms with van der Waals surface area (Å²) in [6.07, 6.45) is 10.2. The molecule has 0 spiro atoms. The highest BCUT2D eigenvalue weighted by Crippen LogP contribution is 2.49. The first-order chi connectivity index (χ1) is 13.3. The van der Waals surface area contributed by atoms with E-state index in [0.29, 0.717) is 12.8 Å². The minimum absolute atomic E-state index is 0.219. The highest BCUT2D eigenvalue weighted by molar-refractivity contribution is 7.72. The predicted molar refractivity (Wildman–Crippen MR) is 109 cm³/mol. The fourth-order valence-electron chi connectivity index (χ4n) is 2.80. The fourth-order valence-corrected chi connectivity index (χ4v) is 4.77. The predicted octanol–water partition coefficient (Wildman–Crippen LogP) is 5.69. The van der Waals surface area contributed by atoms with E-state index in [1.807, 2.05) is 0 Å². The van der Waals surface area contributed by atoms with Crippen LogP contribution in [-0.4, -0.2) is 39.5 Å². The van der Waals surface area contributed by atoms with Crippen LogP contribution >= 0.6 is 15.2 Å². The van der Waals surface area contributed by atoms with Crippen LogP contribution < -0.4 is 0 Å². The molecular formula is C18H36O8P2. The van der Waals surface area contributed by atoms with Crippen molar-refractivity contribution in [3.63, 3.8) is 0 Å². The maximum Gasteiger partial charge on any atom is 0.396 e. The molecule has 0 aliphatic rings. The maximum absolute atomic E-state index is 11.8. The Labute approximate surface area is 169 Å². The van der Waals surface area contributed by atoms with Crippen molar-refractivity contribution in [3.05, 3.63) is 0 Å². The average Bonchev–Trinajstić information content (AvgIpc) is 2.72. The quantitative estimate of drug-likeness (QED) is 0.185. The molecule has 8 nitrogen and oxygen atoms in total. The lowest BCUT2D eigenvalue weighted by Gasteiger charge is -2.11. The van der Waals surface area contributed by atoms with Gasteiger partial charge in [0, 0.05) is 41.3 Å². The fraction of sp³-hybridized carbons (Fsp3) is 0.889. The molecule has 0 aromatic heterocycles. The van der Waals surface area contributed by atoms with Crippen molar-refractivity contribution in [2.75, 3.05) is 28.4 Å². The van der Waals surface area contributed by atoms with E-state index in [2.05, 4.69) is 18.1 Å². The molecule has 0 atom stereocenters. The molecule has 0 aliphatic heterocycles. The van der Waals surface area contributed by atoms with Crippen LogP contribution in [0.15, 0.2) is 0 Å². The Hall–Kier alpha value is -0.360. The molecule has 0 aromatic rings. The summed E-state index contributed by atoms with van der Waals surface area (Å²) < 4.78 is 42.4. The van der Waals surface area contributed by atoms with Crippen LogP contribution in [0.5, 0.6) is 0 Å². The van der Waals surface area contributed by atoms with Gasteiger partial charge in [0.15, 0.2) is 0 Å². The second-order valence-electron chi connectivity index (χ2n) is 6.55. The van der Waals surface area contributed by atoms with E-state index in [1.165, 1.54) is 28.4 Å². The van der Waals surface area contributed by atoms with Gasteiger partial charge in [0.05, 0.1) is 0 Å². The van der Waals surface area contributed by atoms with Crippen LogP contribution in [0.3, 0.4) is 0 Å². The Morgan fingerprint density at radius 2 is 0.714 bits per heavy atom. The zero-order chi connectivity index (χ0) is 21.5. The number of carbonyl (C=O) groups excluding carboxylic acids is 2. The molecule has 0 unspecified atom stereocenters. The third kappa shape index (κ3) is 10.4. The van der Waals surface area contributed by atoms with Gasteiger partial charge in [-0.25, -0.2) is 0 Å². The van der Waals surface area contributed by atoms with E-state index in [-0.39, 0.29) is 12.8 Å². The summed E-state index contributed by atoms with van der Waals surface area (Å²) in [5.74, 6) is 0. The zero-order valence-electron chi connectivity index (χ0n) is 17.6. The monoisotopic (exact) mass is 442 g/mol. The SMILES string of the molecule is COP(=O)(OC)C(=O)CCCCCCCCCCCCC(=O)P(=O)(OC)OC. The molecule has 166 valence electrons. The van der Waals surface area contributed by atoms with Crippen molar-refractivity contribution >= 4 is 26.2 Å². The van der Waals surface area contributed by atoms with E-state index < -0.39 is 26.2 Å². The van der Waals surface area contributed by atoms with Crippen LogP contribution in [0.4, 0.5) is 0 Å². The summed E-state index contributed by atoms with van der Waals surface area (Å²) in [7, 11) is -2.24. The van der Waals surface area contributed by atoms with Crippen LogP contribution in [0.25, 0.3) is 0 Å². The van der Waals surface area contributed by atoms with Gasteiger partial charge in [0.1, 0.15) is 0 Å². The van der Waals surface area contributed by atoms with Crippen LogP contribution in [0.2, 0.25) is 0 Å². The molecule has 0 aliphatic carbocycles. The smallest absolute Gasteiger partial charge is 0.307 e. The number of unbranched alkanes of at least 4 members (excludes halogenated alkanes) is 9. The van der Waals surface area contributed by atoms with Gasteiger partial charge in [-0.2, -0.15) is 0 Å². The second kappa shape index (κ2) is 15.5. The molecule has 0 amide bonds. The van der Waals surface area contributed by atoms with Crippen molar-refractivity contribution in [3.8, 4) is 0 Å². The molecule has 0 rings (SSSR count). The summed E-state index contributed by atoms with van der Waals surface area (Å²) >= 11 is 0. The maximum atomic E-state index is 11.8. The van der Waals surface area contributed by atoms with E-state index >= 15 is 0 Å². The molecule has 0 N–H and O–H groups in total. The van der Waals surface area contributed by atoms with Crippen molar-refractivity contribution < 1.29 is 36.8 Å². The van der Waals surface area contributed by atoms with Crippen molar-refractivity contribution in [1.82, 2.24) is 0 Å². The standard InChI is InChI=1S/C18H36O8P2/c1-23-27(21,24-2)17(19)15-13-11-9-7-5-6-8-10-12-14-16-18(20)28(22,25-3)26-4/h5-16H2,1-4H3. The number of rotatable bonds is 19. The minimum atomic E-state index is -3.56. The lowest BCUT2D eigenvalue weighted by atomic mass is 10.1. The topological polar surface area (TPSA) is 105 Å². The van der Waals surface area contributed by atoms with E-state index in [4.69, 9.17) is 0 Å². The first kappa shape index (κ1) is 27.6.